The van der Waals surface area contributed by atoms with Crippen LogP contribution in [-0.4, -0.2) is 39.4 Å². The lowest BCUT2D eigenvalue weighted by Gasteiger charge is -2.11. The molecule has 0 atom stereocenters. The molecule has 0 aliphatic heterocycles. The van der Waals surface area contributed by atoms with Crippen LogP contribution in [0.25, 0.3) is 21.8 Å². The number of ether oxygens (including phenoxy) is 2. The third kappa shape index (κ3) is 3.98. The minimum Gasteiger partial charge on any atom is -0.492 e. The van der Waals surface area contributed by atoms with Crippen LogP contribution >= 0.6 is 11.6 Å². The number of aromatic nitrogens is 4. The van der Waals surface area contributed by atoms with Crippen LogP contribution in [0.5, 0.6) is 5.75 Å². The number of carbonyl (C=O) groups is 1. The van der Waals surface area contributed by atoms with Gasteiger partial charge in [0.15, 0.2) is 0 Å². The van der Waals surface area contributed by atoms with E-state index in [0.29, 0.717) is 46.2 Å². The molecule has 160 valence electrons. The second-order valence-corrected chi connectivity index (χ2v) is 7.48. The number of fused-ring (bicyclic) bond motifs is 2. The number of aromatic amines is 1. The van der Waals surface area contributed by atoms with Crippen molar-refractivity contribution < 1.29 is 14.3 Å². The quantitative estimate of drug-likeness (QED) is 0.461. The van der Waals surface area contributed by atoms with E-state index >= 15 is 0 Å². The van der Waals surface area contributed by atoms with Gasteiger partial charge < -0.3 is 14.5 Å². The Morgan fingerprint density at radius 1 is 1.29 bits per heavy atom. The number of nitrogens with one attached hydrogen (secondary N) is 1. The fraction of sp³-hybridized carbons (Fsp3) is 0.273. The Hall–Kier alpha value is -3.39. The van der Waals surface area contributed by atoms with Gasteiger partial charge in [0.1, 0.15) is 18.1 Å². The normalized spacial score (nSPS) is 11.2. The number of hydrogen-bond acceptors (Lipinski definition) is 6. The van der Waals surface area contributed by atoms with Gasteiger partial charge in [0, 0.05) is 11.5 Å². The summed E-state index contributed by atoms with van der Waals surface area (Å²) in [5.74, 6) is 0.675. The minimum absolute atomic E-state index is 0.264. The fourth-order valence-corrected chi connectivity index (χ4v) is 3.78. The largest absolute Gasteiger partial charge is 0.492 e. The highest BCUT2D eigenvalue weighted by molar-refractivity contribution is 6.32. The van der Waals surface area contributed by atoms with E-state index in [9.17, 15) is 9.59 Å². The third-order valence-electron chi connectivity index (χ3n) is 5.00. The summed E-state index contributed by atoms with van der Waals surface area (Å²) < 4.78 is 11.4. The number of methoxy groups -OCH3 is 1. The van der Waals surface area contributed by atoms with E-state index in [4.69, 9.17) is 21.1 Å². The highest BCUT2D eigenvalue weighted by Gasteiger charge is 2.17. The molecule has 4 aromatic rings. The van der Waals surface area contributed by atoms with E-state index in [2.05, 4.69) is 15.1 Å². The Labute approximate surface area is 182 Å². The fourth-order valence-electron chi connectivity index (χ4n) is 3.56. The van der Waals surface area contributed by atoms with Crippen LogP contribution in [0.15, 0.2) is 35.1 Å². The van der Waals surface area contributed by atoms with Gasteiger partial charge in [0.2, 0.25) is 0 Å². The molecule has 4 rings (SSSR count). The van der Waals surface area contributed by atoms with Crippen LogP contribution < -0.4 is 10.3 Å². The molecular formula is C22H21ClN4O4. The highest BCUT2D eigenvalue weighted by Crippen LogP contribution is 2.29. The Morgan fingerprint density at radius 2 is 2.10 bits per heavy atom. The van der Waals surface area contributed by atoms with Crippen molar-refractivity contribution in [3.8, 4) is 5.75 Å². The van der Waals surface area contributed by atoms with Crippen LogP contribution in [0.4, 0.5) is 0 Å². The van der Waals surface area contributed by atoms with Crippen molar-refractivity contribution >= 4 is 39.4 Å². The highest BCUT2D eigenvalue weighted by atomic mass is 35.5. The zero-order valence-electron chi connectivity index (χ0n) is 17.4. The number of benzene rings is 2. The summed E-state index contributed by atoms with van der Waals surface area (Å²) in [4.78, 5) is 32.6. The maximum absolute atomic E-state index is 12.9. The molecule has 9 heteroatoms. The second-order valence-electron chi connectivity index (χ2n) is 7.08. The zero-order valence-corrected chi connectivity index (χ0v) is 18.1. The summed E-state index contributed by atoms with van der Waals surface area (Å²) in [6.07, 6.45) is 0.331. The number of carbonyl (C=O) groups excluding carboxylic acids is 1. The molecule has 0 saturated heterocycles. The van der Waals surface area contributed by atoms with Crippen molar-refractivity contribution in [1.82, 2.24) is 19.7 Å². The van der Waals surface area contributed by atoms with Gasteiger partial charge >= 0.3 is 5.97 Å². The predicted octanol–water partition coefficient (Wildman–Crippen LogP) is 3.40. The van der Waals surface area contributed by atoms with Gasteiger partial charge in [-0.3, -0.25) is 9.59 Å². The van der Waals surface area contributed by atoms with Crippen LogP contribution in [0, 0.1) is 6.92 Å². The van der Waals surface area contributed by atoms with E-state index < -0.39 is 5.97 Å². The Kier molecular flexibility index (Phi) is 5.65. The molecule has 2 aromatic heterocycles. The van der Waals surface area contributed by atoms with Gasteiger partial charge in [-0.2, -0.15) is 5.10 Å². The zero-order chi connectivity index (χ0) is 22.1. The molecule has 0 unspecified atom stereocenters. The summed E-state index contributed by atoms with van der Waals surface area (Å²) in [6.45, 7) is 3.98. The molecular weight excluding hydrogens is 420 g/mol. The van der Waals surface area contributed by atoms with Crippen molar-refractivity contribution in [2.24, 2.45) is 0 Å². The van der Waals surface area contributed by atoms with Gasteiger partial charge in [-0.15, -0.1) is 0 Å². The third-order valence-corrected chi connectivity index (χ3v) is 5.29. The van der Waals surface area contributed by atoms with Gasteiger partial charge in [-0.1, -0.05) is 29.8 Å². The van der Waals surface area contributed by atoms with E-state index in [1.165, 1.54) is 7.11 Å². The van der Waals surface area contributed by atoms with E-state index in [1.807, 2.05) is 32.0 Å². The number of nitrogens with zero attached hydrogens (tertiary/aromatic N) is 3. The van der Waals surface area contributed by atoms with E-state index in [1.54, 1.807) is 12.1 Å². The van der Waals surface area contributed by atoms with Gasteiger partial charge in [0.25, 0.3) is 5.56 Å². The number of hydrogen-bond donors (Lipinski definition) is 1. The Bertz CT molecular complexity index is 1360. The number of halogens is 1. The minimum atomic E-state index is -0.546. The van der Waals surface area contributed by atoms with Gasteiger partial charge in [0.05, 0.1) is 47.3 Å². The summed E-state index contributed by atoms with van der Waals surface area (Å²) in [5.41, 5.74) is 2.58. The second kappa shape index (κ2) is 8.39. The lowest BCUT2D eigenvalue weighted by molar-refractivity contribution is -0.141. The average Bonchev–Trinajstić information content (AvgIpc) is 3.12. The number of esters is 1. The molecule has 0 spiro atoms. The molecule has 0 radical (unpaired) electrons. The Morgan fingerprint density at radius 3 is 2.84 bits per heavy atom. The van der Waals surface area contributed by atoms with Crippen LogP contribution in [0.3, 0.4) is 0 Å². The summed E-state index contributed by atoms with van der Waals surface area (Å²) in [6, 6.07) is 9.14. The summed E-state index contributed by atoms with van der Waals surface area (Å²) in [7, 11) is 1.27. The molecule has 0 saturated carbocycles. The molecule has 2 heterocycles. The average molecular weight is 441 g/mol. The summed E-state index contributed by atoms with van der Waals surface area (Å²) in [5, 5.41) is 6.19. The maximum atomic E-state index is 12.9. The molecule has 0 aliphatic carbocycles. The van der Waals surface area contributed by atoms with Crippen molar-refractivity contribution in [2.45, 2.75) is 26.8 Å². The van der Waals surface area contributed by atoms with E-state index in [-0.39, 0.29) is 12.1 Å². The number of imidazole rings is 1. The molecule has 2 aromatic carbocycles. The smallest absolute Gasteiger partial charge is 0.327 e. The summed E-state index contributed by atoms with van der Waals surface area (Å²) >= 11 is 6.28. The first-order valence-corrected chi connectivity index (χ1v) is 10.2. The SMILES string of the molecule is CCOc1cc2nc(Cc3nn(CC(=O)OC)c(=O)c4c(C)cccc34)[nH]c2cc1Cl. The van der Waals surface area contributed by atoms with E-state index in [0.717, 1.165) is 21.1 Å². The van der Waals surface area contributed by atoms with Crippen molar-refractivity contribution in [3.05, 3.63) is 62.8 Å². The first-order valence-electron chi connectivity index (χ1n) is 9.78. The van der Waals surface area contributed by atoms with Crippen molar-refractivity contribution in [2.75, 3.05) is 13.7 Å². The molecule has 8 nitrogen and oxygen atoms in total. The molecule has 31 heavy (non-hydrogen) atoms. The van der Waals surface area contributed by atoms with Gasteiger partial charge in [-0.05, 0) is 25.5 Å². The first-order chi connectivity index (χ1) is 14.9. The molecule has 0 aliphatic rings. The number of H-pyrrole nitrogens is 1. The van der Waals surface area contributed by atoms with Crippen LogP contribution in [0.2, 0.25) is 5.02 Å². The molecule has 1 N–H and O–H groups in total. The van der Waals surface area contributed by atoms with Crippen LogP contribution in [-0.2, 0) is 22.5 Å². The van der Waals surface area contributed by atoms with Crippen LogP contribution in [0.1, 0.15) is 24.0 Å². The number of aryl methyl sites for hydroxylation is 1. The molecule has 0 bridgehead atoms. The van der Waals surface area contributed by atoms with Gasteiger partial charge in [-0.25, -0.2) is 9.67 Å². The maximum Gasteiger partial charge on any atom is 0.327 e. The lowest BCUT2D eigenvalue weighted by atomic mass is 10.0. The van der Waals surface area contributed by atoms with Crippen molar-refractivity contribution in [1.29, 1.82) is 0 Å². The first kappa shape index (κ1) is 20.9. The topological polar surface area (TPSA) is 99.1 Å². The predicted molar refractivity (Wildman–Crippen MR) is 118 cm³/mol. The Balaban J connectivity index is 1.82. The monoisotopic (exact) mass is 440 g/mol. The number of rotatable bonds is 6. The molecule has 0 fully saturated rings. The van der Waals surface area contributed by atoms with Crippen molar-refractivity contribution in [3.63, 3.8) is 0 Å². The molecule has 0 amide bonds. The lowest BCUT2D eigenvalue weighted by Crippen LogP contribution is -2.29. The standard InChI is InChI=1S/C22H21ClN4O4/c1-4-31-18-9-17-16(8-14(18)23)24-19(25-17)10-15-13-7-5-6-12(2)21(13)22(29)27(26-15)11-20(28)30-3/h5-9H,4,10-11H2,1-3H3,(H,24,25).